The van der Waals surface area contributed by atoms with E-state index in [1.807, 2.05) is 0 Å². The van der Waals surface area contributed by atoms with Gasteiger partial charge in [-0.2, -0.15) is 0 Å². The summed E-state index contributed by atoms with van der Waals surface area (Å²) in [6.45, 7) is 9.18. The van der Waals surface area contributed by atoms with Crippen LogP contribution >= 0.6 is 0 Å². The zero-order chi connectivity index (χ0) is 50.9. The molecule has 2 nitrogen and oxygen atoms in total. The summed E-state index contributed by atoms with van der Waals surface area (Å²) < 4.78 is 1.62. The maximum atomic E-state index is 12.3. The molecule has 4 aromatic carbocycles. The summed E-state index contributed by atoms with van der Waals surface area (Å²) in [7, 11) is 0. The van der Waals surface area contributed by atoms with E-state index in [-0.39, 0.29) is 0 Å². The van der Waals surface area contributed by atoms with E-state index in [4.69, 9.17) is 0 Å². The molecule has 0 unspecified atom stereocenters. The van der Waals surface area contributed by atoms with Crippen molar-refractivity contribution in [2.75, 3.05) is 0 Å². The normalized spacial score (nSPS) is 12.6. The van der Waals surface area contributed by atoms with E-state index in [1.54, 1.807) is 4.70 Å². The molecule has 3 heteroatoms. The molecular weight excluding hydrogens is 963 g/mol. The minimum absolute atomic E-state index is 0.793. The van der Waals surface area contributed by atoms with Crippen LogP contribution in [0.5, 0.6) is 0 Å². The van der Waals surface area contributed by atoms with Crippen LogP contribution in [0.15, 0.2) is 120 Å². The summed E-state index contributed by atoms with van der Waals surface area (Å²) in [5.41, 5.74) is 25.2. The SMILES string of the molecule is CCCCCCCCCCCCCCCCC1=C(c2cccc(CCCC)c2)[N+](=[N-])C(c2cccc(CCCCCCCCCCCCCCC)c2)=C1CCCC.c1ccc([CH2][Pd][CH2]c2ccccc2)cc1. The van der Waals surface area contributed by atoms with Crippen molar-refractivity contribution in [3.63, 3.8) is 0 Å². The molecule has 1 aliphatic heterocycles. The van der Waals surface area contributed by atoms with Crippen LogP contribution in [0.3, 0.4) is 0 Å². The van der Waals surface area contributed by atoms with Gasteiger partial charge in [0.2, 0.25) is 11.4 Å². The number of aryl methyl sites for hydroxylation is 2. The third-order valence-electron chi connectivity index (χ3n) is 14.8. The van der Waals surface area contributed by atoms with Crippen molar-refractivity contribution in [1.82, 2.24) is 0 Å². The van der Waals surface area contributed by atoms with Gasteiger partial charge in [-0.05, 0) is 86.8 Å². The molecule has 5 rings (SSSR count). The average Bonchev–Trinajstić information content (AvgIpc) is 3.69. The summed E-state index contributed by atoms with van der Waals surface area (Å²) in [6, 6.07) is 39.8. The molecular formula is C69H104N2Pd. The molecule has 1 aliphatic rings. The van der Waals surface area contributed by atoms with Crippen LogP contribution in [0.1, 0.15) is 273 Å². The first-order chi connectivity index (χ1) is 35.6. The van der Waals surface area contributed by atoms with Crippen LogP contribution < -0.4 is 0 Å². The number of hydrogen-bond acceptors (Lipinski definition) is 0. The first kappa shape index (κ1) is 61.2. The molecule has 0 saturated heterocycles. The Hall–Kier alpha value is -3.38. The van der Waals surface area contributed by atoms with Gasteiger partial charge in [-0.3, -0.25) is 0 Å². The van der Waals surface area contributed by atoms with E-state index < -0.39 is 0 Å². The molecule has 0 aromatic heterocycles. The number of unbranched alkanes of at least 4 members (excludes halogenated alkanes) is 27. The first-order valence-corrected chi connectivity index (χ1v) is 32.5. The molecule has 0 fully saturated rings. The Morgan fingerprint density at radius 1 is 0.306 bits per heavy atom. The van der Waals surface area contributed by atoms with Crippen LogP contribution in [-0.2, 0) is 40.6 Å². The Kier molecular flexibility index (Phi) is 34.8. The number of benzene rings is 4. The number of hydrogen-bond donors (Lipinski definition) is 0. The average molecular weight is 1070 g/mol. The van der Waals surface area contributed by atoms with Gasteiger partial charge in [0.25, 0.3) is 0 Å². The number of allylic oxidation sites excluding steroid dienone is 2. The first-order valence-electron chi connectivity index (χ1n) is 30.3. The molecule has 1 heterocycles. The predicted octanol–water partition coefficient (Wildman–Crippen LogP) is 22.4. The van der Waals surface area contributed by atoms with Crippen molar-refractivity contribution in [3.05, 3.63) is 159 Å². The molecule has 0 amide bonds. The van der Waals surface area contributed by atoms with Gasteiger partial charge in [0.05, 0.1) is 0 Å². The molecule has 0 bridgehead atoms. The summed E-state index contributed by atoms with van der Waals surface area (Å²) in [4.78, 5) is 2.45. The zero-order valence-electron chi connectivity index (χ0n) is 46.8. The van der Waals surface area contributed by atoms with Crippen molar-refractivity contribution in [2.45, 2.75) is 262 Å². The van der Waals surface area contributed by atoms with Crippen molar-refractivity contribution in [1.29, 1.82) is 0 Å². The van der Waals surface area contributed by atoms with Crippen LogP contribution in [0.2, 0.25) is 0 Å². The van der Waals surface area contributed by atoms with Crippen molar-refractivity contribution in [3.8, 4) is 0 Å². The molecule has 0 spiro atoms. The second kappa shape index (κ2) is 40.9. The van der Waals surface area contributed by atoms with Gasteiger partial charge in [0.1, 0.15) is 0 Å². The summed E-state index contributed by atoms with van der Waals surface area (Å²) in [5, 5.41) is 0. The Balaban J connectivity index is 0.000000632. The predicted molar refractivity (Wildman–Crippen MR) is 313 cm³/mol. The molecule has 0 aliphatic carbocycles. The van der Waals surface area contributed by atoms with E-state index >= 15 is 0 Å². The van der Waals surface area contributed by atoms with Gasteiger partial charge in [0, 0.05) is 22.3 Å². The summed E-state index contributed by atoms with van der Waals surface area (Å²) in [6.07, 6.45) is 46.4. The van der Waals surface area contributed by atoms with E-state index in [1.165, 1.54) is 241 Å². The van der Waals surface area contributed by atoms with Crippen LogP contribution in [0.4, 0.5) is 0 Å². The van der Waals surface area contributed by atoms with Crippen LogP contribution in [-0.4, -0.2) is 4.70 Å². The Morgan fingerprint density at radius 3 is 0.972 bits per heavy atom. The fourth-order valence-electron chi connectivity index (χ4n) is 10.4. The third kappa shape index (κ3) is 25.7. The third-order valence-corrected chi connectivity index (χ3v) is 16.9. The topological polar surface area (TPSA) is 25.3 Å². The molecule has 0 N–H and O–H groups in total. The maximum absolute atomic E-state index is 12.3. The molecule has 72 heavy (non-hydrogen) atoms. The fraction of sp³-hybridized carbons (Fsp3) is 0.594. The number of rotatable bonds is 41. The second-order valence-electron chi connectivity index (χ2n) is 21.3. The van der Waals surface area contributed by atoms with E-state index in [0.717, 1.165) is 67.9 Å². The van der Waals surface area contributed by atoms with Gasteiger partial charge >= 0.3 is 99.6 Å². The molecule has 400 valence electrons. The van der Waals surface area contributed by atoms with Crippen molar-refractivity contribution < 1.29 is 22.7 Å². The quantitative estimate of drug-likeness (QED) is 0.0240. The Labute approximate surface area is 452 Å². The van der Waals surface area contributed by atoms with Gasteiger partial charge in [-0.1, -0.05) is 225 Å². The van der Waals surface area contributed by atoms with Gasteiger partial charge in [-0.25, -0.2) is 4.70 Å². The van der Waals surface area contributed by atoms with Crippen molar-refractivity contribution >= 4 is 11.4 Å². The van der Waals surface area contributed by atoms with E-state index in [2.05, 4.69) is 137 Å². The zero-order valence-corrected chi connectivity index (χ0v) is 48.3. The van der Waals surface area contributed by atoms with E-state index in [9.17, 15) is 5.53 Å². The van der Waals surface area contributed by atoms with Gasteiger partial charge in [0.15, 0.2) is 0 Å². The number of nitrogens with zero attached hydrogens (tertiary/aromatic N) is 2. The minimum atomic E-state index is 0.793. The fourth-order valence-corrected chi connectivity index (χ4v) is 12.3. The van der Waals surface area contributed by atoms with E-state index in [0.29, 0.717) is 0 Å². The van der Waals surface area contributed by atoms with Gasteiger partial charge in [-0.15, -0.1) is 0 Å². The molecule has 4 aromatic rings. The summed E-state index contributed by atoms with van der Waals surface area (Å²) >= 11 is 0.793. The Morgan fingerprint density at radius 2 is 0.597 bits per heavy atom. The van der Waals surface area contributed by atoms with Crippen LogP contribution in [0.25, 0.3) is 16.9 Å². The monoisotopic (exact) mass is 1070 g/mol. The summed E-state index contributed by atoms with van der Waals surface area (Å²) in [5.74, 6) is 0. The Bertz CT molecular complexity index is 1990. The molecule has 0 radical (unpaired) electrons. The molecule has 0 atom stereocenters. The van der Waals surface area contributed by atoms with Crippen LogP contribution in [0, 0.1) is 0 Å². The van der Waals surface area contributed by atoms with Gasteiger partial charge < -0.3 is 5.53 Å². The second-order valence-corrected chi connectivity index (χ2v) is 23.1. The van der Waals surface area contributed by atoms with Crippen molar-refractivity contribution in [2.24, 2.45) is 0 Å². The standard InChI is InChI=1S/C55H90N2.2C7H7.Pd/c1-5-9-13-15-17-19-21-23-25-27-29-31-33-35-45-53-52(44-12-8-4)54(57(56)55(53)50-42-36-40-48(46-50)38-11-7-3)51-43-37-41-49(47-51)39-34-32-30-28-26-24-22-20-18-16-14-10-6-2;2*1-7-5-3-2-4-6-7;/h36-37,40-43,46-47H,5-35,38-39,44-45H2,1-4H3;2*2-6H,1H2;. The molecule has 0 saturated carbocycles.